The van der Waals surface area contributed by atoms with Crippen LogP contribution in [0.2, 0.25) is 0 Å². The third kappa shape index (κ3) is 1.77. The Balaban J connectivity index is 2.52. The summed E-state index contributed by atoms with van der Waals surface area (Å²) in [6.07, 6.45) is 1.79. The van der Waals surface area contributed by atoms with Crippen LogP contribution in [0.1, 0.15) is 18.3 Å². The first-order valence-corrected chi connectivity index (χ1v) is 4.98. The van der Waals surface area contributed by atoms with Gasteiger partial charge in [-0.2, -0.15) is 0 Å². The zero-order valence-corrected chi connectivity index (χ0v) is 9.19. The van der Waals surface area contributed by atoms with Crippen molar-refractivity contribution in [1.82, 2.24) is 9.38 Å². The molecule has 2 N–H and O–H groups in total. The van der Waals surface area contributed by atoms with Crippen LogP contribution in [0.25, 0.3) is 5.65 Å². The van der Waals surface area contributed by atoms with Crippen molar-refractivity contribution < 1.29 is 9.90 Å². The number of amides is 1. The van der Waals surface area contributed by atoms with Crippen LogP contribution < -0.4 is 5.32 Å². The van der Waals surface area contributed by atoms with E-state index in [-0.39, 0.29) is 12.5 Å². The standard InChI is InChI=1S/C11H13N3O2/c1-7-10(6-15)13-11-4-3-9(5-14(7)11)12-8(2)16/h3-5,15H,6H2,1-2H3,(H,12,16). The molecule has 0 aromatic carbocycles. The van der Waals surface area contributed by atoms with E-state index in [1.165, 1.54) is 6.92 Å². The molecule has 0 unspecified atom stereocenters. The van der Waals surface area contributed by atoms with Crippen molar-refractivity contribution in [2.45, 2.75) is 20.5 Å². The molecule has 2 heterocycles. The summed E-state index contributed by atoms with van der Waals surface area (Å²) in [6.45, 7) is 3.26. The van der Waals surface area contributed by atoms with Crippen LogP contribution in [-0.2, 0) is 11.4 Å². The van der Waals surface area contributed by atoms with E-state index < -0.39 is 0 Å². The van der Waals surface area contributed by atoms with E-state index in [9.17, 15) is 4.79 Å². The molecule has 5 heteroatoms. The molecule has 0 bridgehead atoms. The van der Waals surface area contributed by atoms with Crippen molar-refractivity contribution in [3.8, 4) is 0 Å². The van der Waals surface area contributed by atoms with E-state index >= 15 is 0 Å². The van der Waals surface area contributed by atoms with Crippen molar-refractivity contribution >= 4 is 17.2 Å². The highest BCUT2D eigenvalue weighted by molar-refractivity contribution is 5.88. The topological polar surface area (TPSA) is 66.6 Å². The molecular weight excluding hydrogens is 206 g/mol. The molecule has 0 saturated carbocycles. The van der Waals surface area contributed by atoms with Crippen LogP contribution in [0, 0.1) is 6.92 Å². The van der Waals surface area contributed by atoms with Gasteiger partial charge in [-0.15, -0.1) is 0 Å². The lowest BCUT2D eigenvalue weighted by atomic mass is 10.3. The molecule has 16 heavy (non-hydrogen) atoms. The van der Waals surface area contributed by atoms with Gasteiger partial charge in [0.05, 0.1) is 18.0 Å². The van der Waals surface area contributed by atoms with E-state index in [2.05, 4.69) is 10.3 Å². The van der Waals surface area contributed by atoms with Crippen molar-refractivity contribution in [2.24, 2.45) is 0 Å². The maximum Gasteiger partial charge on any atom is 0.221 e. The zero-order valence-electron chi connectivity index (χ0n) is 9.19. The van der Waals surface area contributed by atoms with Gasteiger partial charge in [-0.25, -0.2) is 4.98 Å². The summed E-state index contributed by atoms with van der Waals surface area (Å²) < 4.78 is 1.84. The summed E-state index contributed by atoms with van der Waals surface area (Å²) in [7, 11) is 0. The van der Waals surface area contributed by atoms with Gasteiger partial charge in [0, 0.05) is 18.8 Å². The van der Waals surface area contributed by atoms with Crippen LogP contribution in [0.15, 0.2) is 18.3 Å². The van der Waals surface area contributed by atoms with Gasteiger partial charge in [-0.1, -0.05) is 0 Å². The van der Waals surface area contributed by atoms with Gasteiger partial charge in [-0.05, 0) is 19.1 Å². The lowest BCUT2D eigenvalue weighted by Crippen LogP contribution is -2.06. The Bertz CT molecular complexity index is 545. The van der Waals surface area contributed by atoms with E-state index in [1.807, 2.05) is 11.3 Å². The lowest BCUT2D eigenvalue weighted by Gasteiger charge is -2.03. The molecule has 2 aromatic heterocycles. The molecule has 0 fully saturated rings. The average Bonchev–Trinajstić information content (AvgIpc) is 2.55. The third-order valence-electron chi connectivity index (χ3n) is 2.43. The number of anilines is 1. The second-order valence-electron chi connectivity index (χ2n) is 3.63. The molecule has 0 aliphatic heterocycles. The quantitative estimate of drug-likeness (QED) is 0.794. The number of fused-ring (bicyclic) bond motifs is 1. The number of aliphatic hydroxyl groups excluding tert-OH is 1. The minimum Gasteiger partial charge on any atom is -0.390 e. The van der Waals surface area contributed by atoms with Crippen molar-refractivity contribution in [2.75, 3.05) is 5.32 Å². The van der Waals surface area contributed by atoms with E-state index in [0.717, 1.165) is 11.3 Å². The molecule has 0 spiro atoms. The Morgan fingerprint density at radius 3 is 2.94 bits per heavy atom. The molecule has 0 aliphatic rings. The first kappa shape index (κ1) is 10.6. The predicted octanol–water partition coefficient (Wildman–Crippen LogP) is 1.09. The van der Waals surface area contributed by atoms with E-state index in [1.54, 1.807) is 18.3 Å². The van der Waals surface area contributed by atoms with Gasteiger partial charge in [0.2, 0.25) is 5.91 Å². The Morgan fingerprint density at radius 2 is 2.31 bits per heavy atom. The summed E-state index contributed by atoms with van der Waals surface area (Å²) in [5, 5.41) is 11.8. The van der Waals surface area contributed by atoms with Crippen molar-refractivity contribution in [3.05, 3.63) is 29.7 Å². The zero-order chi connectivity index (χ0) is 11.7. The Kier molecular flexibility index (Phi) is 2.62. The highest BCUT2D eigenvalue weighted by Gasteiger charge is 2.07. The van der Waals surface area contributed by atoms with Crippen LogP contribution >= 0.6 is 0 Å². The van der Waals surface area contributed by atoms with Crippen LogP contribution in [0.3, 0.4) is 0 Å². The van der Waals surface area contributed by atoms with Crippen molar-refractivity contribution in [3.63, 3.8) is 0 Å². The number of carbonyl (C=O) groups is 1. The fourth-order valence-electron chi connectivity index (χ4n) is 1.64. The second-order valence-corrected chi connectivity index (χ2v) is 3.63. The number of hydrogen-bond acceptors (Lipinski definition) is 3. The molecule has 0 atom stereocenters. The number of aliphatic hydroxyl groups is 1. The minimum atomic E-state index is -0.112. The first-order chi connectivity index (χ1) is 7.61. The molecule has 0 radical (unpaired) electrons. The fourth-order valence-corrected chi connectivity index (χ4v) is 1.64. The van der Waals surface area contributed by atoms with Crippen molar-refractivity contribution in [1.29, 1.82) is 0 Å². The number of rotatable bonds is 2. The smallest absolute Gasteiger partial charge is 0.221 e. The fraction of sp³-hybridized carbons (Fsp3) is 0.273. The predicted molar refractivity (Wildman–Crippen MR) is 60.2 cm³/mol. The van der Waals surface area contributed by atoms with Gasteiger partial charge in [0.15, 0.2) is 0 Å². The summed E-state index contributed by atoms with van der Waals surface area (Å²) in [5.74, 6) is -0.112. The number of aromatic nitrogens is 2. The molecule has 5 nitrogen and oxygen atoms in total. The third-order valence-corrected chi connectivity index (χ3v) is 2.43. The number of imidazole rings is 1. The molecule has 84 valence electrons. The summed E-state index contributed by atoms with van der Waals surface area (Å²) in [4.78, 5) is 15.2. The Hall–Kier alpha value is -1.88. The number of hydrogen-bond donors (Lipinski definition) is 2. The van der Waals surface area contributed by atoms with E-state index in [4.69, 9.17) is 5.11 Å². The van der Waals surface area contributed by atoms with Crippen LogP contribution in [0.5, 0.6) is 0 Å². The maximum absolute atomic E-state index is 10.9. The monoisotopic (exact) mass is 219 g/mol. The summed E-state index contributed by atoms with van der Waals surface area (Å²) in [6, 6.07) is 3.59. The van der Waals surface area contributed by atoms with Crippen LogP contribution in [0.4, 0.5) is 5.69 Å². The lowest BCUT2D eigenvalue weighted by molar-refractivity contribution is -0.114. The number of aryl methyl sites for hydroxylation is 1. The van der Waals surface area contributed by atoms with Gasteiger partial charge in [0.1, 0.15) is 5.65 Å². The van der Waals surface area contributed by atoms with Crippen LogP contribution in [-0.4, -0.2) is 20.4 Å². The number of nitrogens with zero attached hydrogens (tertiary/aromatic N) is 2. The van der Waals surface area contributed by atoms with Gasteiger partial charge < -0.3 is 14.8 Å². The Morgan fingerprint density at radius 1 is 1.56 bits per heavy atom. The summed E-state index contributed by atoms with van der Waals surface area (Å²) in [5.41, 5.74) is 3.00. The Labute approximate surface area is 92.7 Å². The highest BCUT2D eigenvalue weighted by Crippen LogP contribution is 2.15. The maximum atomic E-state index is 10.9. The van der Waals surface area contributed by atoms with Gasteiger partial charge in [0.25, 0.3) is 0 Å². The summed E-state index contributed by atoms with van der Waals surface area (Å²) >= 11 is 0. The molecule has 0 saturated heterocycles. The molecule has 1 amide bonds. The number of nitrogens with one attached hydrogen (secondary N) is 1. The SMILES string of the molecule is CC(=O)Nc1ccc2nc(CO)c(C)n2c1. The molecule has 0 aliphatic carbocycles. The first-order valence-electron chi connectivity index (χ1n) is 4.98. The van der Waals surface area contributed by atoms with Gasteiger partial charge >= 0.3 is 0 Å². The number of carbonyl (C=O) groups excluding carboxylic acids is 1. The van der Waals surface area contributed by atoms with Gasteiger partial charge in [-0.3, -0.25) is 4.79 Å². The average molecular weight is 219 g/mol. The second kappa shape index (κ2) is 3.94. The molecule has 2 rings (SSSR count). The highest BCUT2D eigenvalue weighted by atomic mass is 16.3. The number of pyridine rings is 1. The molecule has 2 aromatic rings. The largest absolute Gasteiger partial charge is 0.390 e. The molecular formula is C11H13N3O2. The van der Waals surface area contributed by atoms with E-state index in [0.29, 0.717) is 11.4 Å². The minimum absolute atomic E-state index is 0.0804. The normalized spacial score (nSPS) is 10.7.